The molecule has 1 saturated carbocycles. The van der Waals surface area contributed by atoms with Gasteiger partial charge in [0.15, 0.2) is 0 Å². The summed E-state index contributed by atoms with van der Waals surface area (Å²) in [6, 6.07) is 9.12. The van der Waals surface area contributed by atoms with Gasteiger partial charge < -0.3 is 0 Å². The summed E-state index contributed by atoms with van der Waals surface area (Å²) in [5.74, 6) is -1.16. The molecule has 4 nitrogen and oxygen atoms in total. The van der Waals surface area contributed by atoms with Gasteiger partial charge in [0.25, 0.3) is 0 Å². The maximum absolute atomic E-state index is 13.3. The van der Waals surface area contributed by atoms with E-state index < -0.39 is 16.7 Å². The Morgan fingerprint density at radius 3 is 2.38 bits per heavy atom. The van der Waals surface area contributed by atoms with Crippen molar-refractivity contribution in [2.75, 3.05) is 4.90 Å². The summed E-state index contributed by atoms with van der Waals surface area (Å²) in [6.07, 6.45) is 7.99. The normalized spacial score (nSPS) is 30.9. The van der Waals surface area contributed by atoms with Gasteiger partial charge in [-0.05, 0) is 38.3 Å². The molecule has 2 fully saturated rings. The molecule has 1 heterocycles. The van der Waals surface area contributed by atoms with Gasteiger partial charge in [-0.3, -0.25) is 13.8 Å². The molecule has 26 heavy (non-hydrogen) atoms. The SMILES string of the molecule is CC1=C[C@H](S(=O)C2CCCCC2)[C@@H]2C(=O)N(c3ccccc3)C(=O)[C@@H]2C1. The van der Waals surface area contributed by atoms with Gasteiger partial charge in [0.05, 0.1) is 22.8 Å². The lowest BCUT2D eigenvalue weighted by atomic mass is 9.81. The van der Waals surface area contributed by atoms with Crippen LogP contribution in [0.1, 0.15) is 45.4 Å². The van der Waals surface area contributed by atoms with Crippen molar-refractivity contribution in [3.63, 3.8) is 0 Å². The minimum Gasteiger partial charge on any atom is -0.274 e. The second-order valence-electron chi connectivity index (χ2n) is 7.75. The average Bonchev–Trinajstić information content (AvgIpc) is 2.92. The Hall–Kier alpha value is -1.75. The van der Waals surface area contributed by atoms with Crippen molar-refractivity contribution in [3.8, 4) is 0 Å². The zero-order valence-corrected chi connectivity index (χ0v) is 15.9. The number of carbonyl (C=O) groups is 2. The minimum atomic E-state index is -1.11. The van der Waals surface area contributed by atoms with Crippen LogP contribution >= 0.6 is 0 Å². The van der Waals surface area contributed by atoms with E-state index in [4.69, 9.17) is 0 Å². The van der Waals surface area contributed by atoms with E-state index in [9.17, 15) is 13.8 Å². The molecule has 1 saturated heterocycles. The highest BCUT2D eigenvalue weighted by atomic mass is 32.2. The second kappa shape index (κ2) is 7.10. The number of anilines is 1. The van der Waals surface area contributed by atoms with Crippen molar-refractivity contribution in [3.05, 3.63) is 42.0 Å². The fourth-order valence-corrected chi connectivity index (χ4v) is 6.90. The molecule has 0 radical (unpaired) electrons. The fraction of sp³-hybridized carbons (Fsp3) is 0.524. The molecule has 5 heteroatoms. The minimum absolute atomic E-state index is 0.135. The van der Waals surface area contributed by atoms with Gasteiger partial charge in [-0.2, -0.15) is 0 Å². The van der Waals surface area contributed by atoms with E-state index >= 15 is 0 Å². The van der Waals surface area contributed by atoms with Gasteiger partial charge in [0, 0.05) is 16.0 Å². The Bertz CT molecular complexity index is 767. The van der Waals surface area contributed by atoms with E-state index in [0.717, 1.165) is 31.3 Å². The molecular formula is C21H25NO3S. The smallest absolute Gasteiger partial charge is 0.239 e. The lowest BCUT2D eigenvalue weighted by molar-refractivity contribution is -0.122. The lowest BCUT2D eigenvalue weighted by Crippen LogP contribution is -2.40. The van der Waals surface area contributed by atoms with Crippen LogP contribution in [0.4, 0.5) is 5.69 Å². The Kier molecular flexibility index (Phi) is 4.82. The molecule has 1 unspecified atom stereocenters. The van der Waals surface area contributed by atoms with Crippen molar-refractivity contribution in [2.45, 2.75) is 55.9 Å². The molecule has 2 aliphatic carbocycles. The number of fused-ring (bicyclic) bond motifs is 1. The molecule has 0 aromatic heterocycles. The third-order valence-electron chi connectivity index (χ3n) is 5.98. The summed E-state index contributed by atoms with van der Waals surface area (Å²) in [5.41, 5.74) is 1.70. The van der Waals surface area contributed by atoms with Crippen LogP contribution in [0.3, 0.4) is 0 Å². The van der Waals surface area contributed by atoms with Gasteiger partial charge in [-0.25, -0.2) is 4.90 Å². The van der Waals surface area contributed by atoms with Crippen LogP contribution in [-0.2, 0) is 20.4 Å². The maximum atomic E-state index is 13.3. The highest BCUT2D eigenvalue weighted by Crippen LogP contribution is 2.43. The Balaban J connectivity index is 1.66. The van der Waals surface area contributed by atoms with Gasteiger partial charge >= 0.3 is 0 Å². The van der Waals surface area contributed by atoms with Crippen molar-refractivity contribution in [1.29, 1.82) is 0 Å². The first-order valence-electron chi connectivity index (χ1n) is 9.57. The first kappa shape index (κ1) is 17.7. The van der Waals surface area contributed by atoms with E-state index in [2.05, 4.69) is 0 Å². The topological polar surface area (TPSA) is 54.5 Å². The quantitative estimate of drug-likeness (QED) is 0.603. The summed E-state index contributed by atoms with van der Waals surface area (Å²) in [5, 5.41) is -0.174. The van der Waals surface area contributed by atoms with Crippen LogP contribution in [0.25, 0.3) is 0 Å². The summed E-state index contributed by atoms with van der Waals surface area (Å²) >= 11 is 0. The number of allylic oxidation sites excluding steroid dienone is 1. The second-order valence-corrected chi connectivity index (χ2v) is 9.62. The first-order chi connectivity index (χ1) is 12.6. The number of hydrogen-bond donors (Lipinski definition) is 0. The molecule has 1 aromatic rings. The van der Waals surface area contributed by atoms with Crippen LogP contribution in [0.15, 0.2) is 42.0 Å². The maximum Gasteiger partial charge on any atom is 0.239 e. The molecule has 2 amide bonds. The molecule has 3 aliphatic rings. The number of benzene rings is 1. The summed E-state index contributed by atoms with van der Waals surface area (Å²) in [7, 11) is -1.11. The number of amides is 2. The van der Waals surface area contributed by atoms with Gasteiger partial charge in [-0.15, -0.1) is 0 Å². The Morgan fingerprint density at radius 1 is 1.00 bits per heavy atom. The molecule has 0 N–H and O–H groups in total. The largest absolute Gasteiger partial charge is 0.274 e. The monoisotopic (exact) mass is 371 g/mol. The first-order valence-corrected chi connectivity index (χ1v) is 10.8. The summed E-state index contributed by atoms with van der Waals surface area (Å²) < 4.78 is 13.3. The molecule has 0 bridgehead atoms. The molecule has 1 aliphatic heterocycles. The van der Waals surface area contributed by atoms with Gasteiger partial charge in [-0.1, -0.05) is 49.1 Å². The number of carbonyl (C=O) groups excluding carboxylic acids is 2. The van der Waals surface area contributed by atoms with E-state index in [0.29, 0.717) is 12.1 Å². The van der Waals surface area contributed by atoms with Crippen molar-refractivity contribution in [2.24, 2.45) is 11.8 Å². The van der Waals surface area contributed by atoms with Crippen molar-refractivity contribution >= 4 is 28.3 Å². The van der Waals surface area contributed by atoms with Gasteiger partial charge in [0.1, 0.15) is 0 Å². The molecule has 1 aromatic carbocycles. The summed E-state index contributed by atoms with van der Waals surface area (Å²) in [6.45, 7) is 1.99. The predicted molar refractivity (Wildman–Crippen MR) is 103 cm³/mol. The standard InChI is InChI=1S/C21H25NO3S/c1-14-12-17-19(18(13-14)26(25)16-10-6-3-7-11-16)21(24)22(20(17)23)15-8-4-2-5-9-15/h2,4-5,8-9,13,16-19H,3,6-7,10-12H2,1H3/t17-,18+,19-,26?/m1/s1. The number of rotatable bonds is 3. The highest BCUT2D eigenvalue weighted by molar-refractivity contribution is 7.86. The molecule has 4 rings (SSSR count). The zero-order chi connectivity index (χ0) is 18.3. The Morgan fingerprint density at radius 2 is 1.69 bits per heavy atom. The fourth-order valence-electron chi connectivity index (χ4n) is 4.69. The van der Waals surface area contributed by atoms with Gasteiger partial charge in [0.2, 0.25) is 11.8 Å². The number of hydrogen-bond acceptors (Lipinski definition) is 3. The van der Waals surface area contributed by atoms with Crippen LogP contribution in [0.2, 0.25) is 0 Å². The number of imide groups is 1. The van der Waals surface area contributed by atoms with E-state index in [1.54, 1.807) is 12.1 Å². The number of nitrogens with zero attached hydrogens (tertiary/aromatic N) is 1. The van der Waals surface area contributed by atoms with E-state index in [1.165, 1.54) is 11.3 Å². The summed E-state index contributed by atoms with van der Waals surface area (Å²) in [4.78, 5) is 27.5. The molecule has 4 atom stereocenters. The third-order valence-corrected chi connectivity index (χ3v) is 8.08. The van der Waals surface area contributed by atoms with Crippen LogP contribution in [0.5, 0.6) is 0 Å². The molecule has 138 valence electrons. The molecule has 0 spiro atoms. The highest BCUT2D eigenvalue weighted by Gasteiger charge is 2.54. The Labute approximate surface area is 157 Å². The molecular weight excluding hydrogens is 346 g/mol. The van der Waals surface area contributed by atoms with Crippen molar-refractivity contribution in [1.82, 2.24) is 0 Å². The number of para-hydroxylation sites is 1. The van der Waals surface area contributed by atoms with E-state index in [1.807, 2.05) is 31.2 Å². The van der Waals surface area contributed by atoms with Crippen LogP contribution in [-0.4, -0.2) is 26.5 Å². The van der Waals surface area contributed by atoms with Crippen LogP contribution < -0.4 is 4.90 Å². The third kappa shape index (κ3) is 2.96. The average molecular weight is 372 g/mol. The lowest BCUT2D eigenvalue weighted by Gasteiger charge is -2.32. The zero-order valence-electron chi connectivity index (χ0n) is 15.1. The van der Waals surface area contributed by atoms with Crippen molar-refractivity contribution < 1.29 is 13.8 Å². The van der Waals surface area contributed by atoms with E-state index in [-0.39, 0.29) is 28.2 Å². The van der Waals surface area contributed by atoms with Crippen LogP contribution in [0, 0.1) is 11.8 Å². The predicted octanol–water partition coefficient (Wildman–Crippen LogP) is 3.59.